The van der Waals surface area contributed by atoms with Crippen LogP contribution >= 0.6 is 12.2 Å². The number of aromatic hydroxyl groups is 1. The minimum Gasteiger partial charge on any atom is -0.508 e. The molecule has 1 heterocycles. The number of thiocarbonyl (C=S) groups is 1. The van der Waals surface area contributed by atoms with Crippen LogP contribution < -0.4 is 5.32 Å². The minimum atomic E-state index is -0.155. The summed E-state index contributed by atoms with van der Waals surface area (Å²) in [6.45, 7) is 0. The topological polar surface area (TPSA) is 52.6 Å². The maximum Gasteiger partial charge on any atom is 0.276 e. The molecule has 5 heteroatoms. The predicted molar refractivity (Wildman–Crippen MR) is 64.6 cm³/mol. The average Bonchev–Trinajstić information content (AvgIpc) is 2.50. The van der Waals surface area contributed by atoms with E-state index in [1.807, 2.05) is 0 Å². The Labute approximate surface area is 98.2 Å². The number of rotatable bonds is 1. The number of phenolic OH excluding ortho intramolecular Hbond substituents is 1. The molecule has 0 unspecified atom stereocenters. The Morgan fingerprint density at radius 1 is 1.38 bits per heavy atom. The first-order valence-corrected chi connectivity index (χ1v) is 5.08. The summed E-state index contributed by atoms with van der Waals surface area (Å²) >= 11 is 4.95. The Bertz CT molecular complexity index is 479. The van der Waals surface area contributed by atoms with Crippen molar-refractivity contribution in [3.63, 3.8) is 0 Å². The van der Waals surface area contributed by atoms with Crippen LogP contribution in [0.25, 0.3) is 6.08 Å². The highest BCUT2D eigenvalue weighted by Crippen LogP contribution is 2.15. The van der Waals surface area contributed by atoms with Crippen molar-refractivity contribution in [2.75, 3.05) is 7.05 Å². The molecule has 0 saturated carbocycles. The molecular weight excluding hydrogens is 224 g/mol. The molecule has 1 aliphatic heterocycles. The first-order valence-electron chi connectivity index (χ1n) is 4.67. The van der Waals surface area contributed by atoms with Crippen molar-refractivity contribution in [2.24, 2.45) is 0 Å². The lowest BCUT2D eigenvalue weighted by molar-refractivity contribution is -0.121. The second-order valence-corrected chi connectivity index (χ2v) is 3.83. The third-order valence-corrected chi connectivity index (χ3v) is 2.66. The third kappa shape index (κ3) is 1.90. The van der Waals surface area contributed by atoms with Crippen molar-refractivity contribution in [3.8, 4) is 5.75 Å². The molecule has 0 radical (unpaired) electrons. The van der Waals surface area contributed by atoms with Gasteiger partial charge in [-0.2, -0.15) is 0 Å². The number of amides is 1. The van der Waals surface area contributed by atoms with Crippen molar-refractivity contribution >= 4 is 29.3 Å². The summed E-state index contributed by atoms with van der Waals surface area (Å²) < 4.78 is 0. The van der Waals surface area contributed by atoms with Gasteiger partial charge in [0.15, 0.2) is 5.11 Å². The highest BCUT2D eigenvalue weighted by atomic mass is 32.1. The first kappa shape index (κ1) is 10.6. The Kier molecular flexibility index (Phi) is 2.62. The van der Waals surface area contributed by atoms with Gasteiger partial charge in [-0.3, -0.25) is 9.69 Å². The summed E-state index contributed by atoms with van der Waals surface area (Å²) in [6, 6.07) is 6.57. The molecule has 0 spiro atoms. The van der Waals surface area contributed by atoms with E-state index in [4.69, 9.17) is 17.3 Å². The molecule has 16 heavy (non-hydrogen) atoms. The van der Waals surface area contributed by atoms with E-state index in [0.717, 1.165) is 5.56 Å². The summed E-state index contributed by atoms with van der Waals surface area (Å²) in [4.78, 5) is 13.0. The van der Waals surface area contributed by atoms with Crippen molar-refractivity contribution in [3.05, 3.63) is 35.5 Å². The lowest BCUT2D eigenvalue weighted by Gasteiger charge is -2.02. The van der Waals surface area contributed by atoms with Gasteiger partial charge in [0.1, 0.15) is 11.4 Å². The molecule has 1 aromatic rings. The number of phenols is 1. The standard InChI is InChI=1S/C11H10N2O2S/c1-13-10(15)9(12-11(13)16)6-7-2-4-8(14)5-3-7/h2-6,14H,1H3,(H,12,16)/b9-6-. The van der Waals surface area contributed by atoms with E-state index in [1.54, 1.807) is 37.4 Å². The van der Waals surface area contributed by atoms with E-state index in [-0.39, 0.29) is 11.7 Å². The molecule has 0 aliphatic carbocycles. The lowest BCUT2D eigenvalue weighted by Crippen LogP contribution is -2.25. The smallest absolute Gasteiger partial charge is 0.276 e. The Balaban J connectivity index is 2.29. The number of benzene rings is 1. The minimum absolute atomic E-state index is 0.155. The number of carbonyl (C=O) groups is 1. The van der Waals surface area contributed by atoms with Crippen LogP contribution in [-0.4, -0.2) is 28.1 Å². The zero-order valence-corrected chi connectivity index (χ0v) is 9.41. The maximum atomic E-state index is 11.6. The normalized spacial score (nSPS) is 18.1. The molecular formula is C11H10N2O2S. The molecule has 4 nitrogen and oxygen atoms in total. The average molecular weight is 234 g/mol. The quantitative estimate of drug-likeness (QED) is 0.564. The van der Waals surface area contributed by atoms with Gasteiger partial charge in [0.25, 0.3) is 5.91 Å². The largest absolute Gasteiger partial charge is 0.508 e. The van der Waals surface area contributed by atoms with Gasteiger partial charge in [0.2, 0.25) is 0 Å². The zero-order valence-electron chi connectivity index (χ0n) is 8.60. The van der Waals surface area contributed by atoms with E-state index >= 15 is 0 Å². The van der Waals surface area contributed by atoms with Gasteiger partial charge >= 0.3 is 0 Å². The maximum absolute atomic E-state index is 11.6. The Hall–Kier alpha value is -1.88. The second-order valence-electron chi connectivity index (χ2n) is 3.44. The van der Waals surface area contributed by atoms with E-state index in [0.29, 0.717) is 10.8 Å². The molecule has 0 bridgehead atoms. The molecule has 1 aromatic carbocycles. The van der Waals surface area contributed by atoms with Gasteiger partial charge in [-0.1, -0.05) is 12.1 Å². The van der Waals surface area contributed by atoms with E-state index in [2.05, 4.69) is 5.32 Å². The van der Waals surface area contributed by atoms with Crippen LogP contribution in [0.2, 0.25) is 0 Å². The SMILES string of the molecule is CN1C(=O)/C(=C/c2ccc(O)cc2)NC1=S. The van der Waals surface area contributed by atoms with Crippen LogP contribution in [0.1, 0.15) is 5.56 Å². The van der Waals surface area contributed by atoms with Crippen molar-refractivity contribution in [2.45, 2.75) is 0 Å². The van der Waals surface area contributed by atoms with E-state index < -0.39 is 0 Å². The van der Waals surface area contributed by atoms with Crippen LogP contribution in [0.4, 0.5) is 0 Å². The number of hydrogen-bond donors (Lipinski definition) is 2. The summed E-state index contributed by atoms with van der Waals surface area (Å²) in [5, 5.41) is 12.3. The van der Waals surface area contributed by atoms with E-state index in [9.17, 15) is 4.79 Å². The van der Waals surface area contributed by atoms with Crippen LogP contribution in [-0.2, 0) is 4.79 Å². The van der Waals surface area contributed by atoms with E-state index in [1.165, 1.54) is 4.90 Å². The van der Waals surface area contributed by atoms with Gasteiger partial charge in [0.05, 0.1) is 0 Å². The predicted octanol–water partition coefficient (Wildman–Crippen LogP) is 1.08. The fourth-order valence-corrected chi connectivity index (χ4v) is 1.55. The van der Waals surface area contributed by atoms with Gasteiger partial charge in [-0.05, 0) is 36.0 Å². The van der Waals surface area contributed by atoms with Crippen molar-refractivity contribution in [1.82, 2.24) is 10.2 Å². The van der Waals surface area contributed by atoms with Gasteiger partial charge < -0.3 is 10.4 Å². The Morgan fingerprint density at radius 2 is 2.00 bits per heavy atom. The highest BCUT2D eigenvalue weighted by molar-refractivity contribution is 7.80. The summed E-state index contributed by atoms with van der Waals surface area (Å²) in [5.74, 6) is 0.0403. The molecule has 0 atom stereocenters. The highest BCUT2D eigenvalue weighted by Gasteiger charge is 2.26. The molecule has 1 aliphatic rings. The van der Waals surface area contributed by atoms with Crippen molar-refractivity contribution < 1.29 is 9.90 Å². The van der Waals surface area contributed by atoms with Crippen LogP contribution in [0.5, 0.6) is 5.75 Å². The van der Waals surface area contributed by atoms with Gasteiger partial charge in [-0.25, -0.2) is 0 Å². The van der Waals surface area contributed by atoms with Gasteiger partial charge in [0, 0.05) is 7.05 Å². The molecule has 1 amide bonds. The fraction of sp³-hybridized carbons (Fsp3) is 0.0909. The molecule has 1 fully saturated rings. The molecule has 2 rings (SSSR count). The third-order valence-electron chi connectivity index (χ3n) is 2.29. The van der Waals surface area contributed by atoms with Crippen molar-refractivity contribution in [1.29, 1.82) is 0 Å². The molecule has 0 aromatic heterocycles. The Morgan fingerprint density at radius 3 is 2.50 bits per heavy atom. The number of carbonyl (C=O) groups excluding carboxylic acids is 1. The molecule has 1 saturated heterocycles. The number of nitrogens with one attached hydrogen (secondary N) is 1. The summed E-state index contributed by atoms with van der Waals surface area (Å²) in [7, 11) is 1.62. The zero-order chi connectivity index (χ0) is 11.7. The summed E-state index contributed by atoms with van der Waals surface area (Å²) in [6.07, 6.45) is 1.69. The second kappa shape index (κ2) is 3.94. The van der Waals surface area contributed by atoms with Crippen LogP contribution in [0.15, 0.2) is 30.0 Å². The number of likely N-dealkylation sites (N-methyl/N-ethyl adjacent to an activating group) is 1. The van der Waals surface area contributed by atoms with Crippen LogP contribution in [0, 0.1) is 0 Å². The monoisotopic (exact) mass is 234 g/mol. The lowest BCUT2D eigenvalue weighted by atomic mass is 10.2. The summed E-state index contributed by atoms with van der Waals surface area (Å²) in [5.41, 5.74) is 1.27. The fourth-order valence-electron chi connectivity index (χ4n) is 1.36. The first-order chi connectivity index (χ1) is 7.58. The number of hydrogen-bond acceptors (Lipinski definition) is 3. The van der Waals surface area contributed by atoms with Crippen LogP contribution in [0.3, 0.4) is 0 Å². The molecule has 2 N–H and O–H groups in total. The number of nitrogens with zero attached hydrogens (tertiary/aromatic N) is 1. The molecule has 82 valence electrons. The van der Waals surface area contributed by atoms with Gasteiger partial charge in [-0.15, -0.1) is 0 Å².